The van der Waals surface area contributed by atoms with Gasteiger partial charge in [-0.2, -0.15) is 0 Å². The van der Waals surface area contributed by atoms with Crippen molar-refractivity contribution in [2.75, 3.05) is 0 Å². The molecular formula is C2Cl6CuO6S2. The van der Waals surface area contributed by atoms with Crippen LogP contribution in [0.15, 0.2) is 0 Å². The Kier molecular flexibility index (Phi) is 11.0. The van der Waals surface area contributed by atoms with E-state index in [1.54, 1.807) is 0 Å². The predicted octanol–water partition coefficient (Wildman–Crippen LogP) is 1.72. The largest absolute Gasteiger partial charge is 2.00 e. The van der Waals surface area contributed by atoms with Gasteiger partial charge in [-0.05, 0) is 0 Å². The molecule has 0 aromatic carbocycles. The smallest absolute Gasteiger partial charge is 0.745 e. The maximum absolute atomic E-state index is 9.70. The quantitative estimate of drug-likeness (QED) is 0.309. The minimum absolute atomic E-state index is 0. The van der Waals surface area contributed by atoms with Gasteiger partial charge in [0, 0.05) is 0 Å². The summed E-state index contributed by atoms with van der Waals surface area (Å²) in [4.78, 5) is 0. The molecule has 0 heterocycles. The number of hydrogen-bond acceptors (Lipinski definition) is 6. The van der Waals surface area contributed by atoms with E-state index in [0.29, 0.717) is 0 Å². The number of alkyl halides is 6. The minimum atomic E-state index is -4.79. The van der Waals surface area contributed by atoms with Gasteiger partial charge < -0.3 is 9.11 Å². The Morgan fingerprint density at radius 1 is 0.647 bits per heavy atom. The molecule has 0 unspecified atom stereocenters. The van der Waals surface area contributed by atoms with Gasteiger partial charge in [0.15, 0.2) is 0 Å². The Hall–Kier alpha value is 2.08. The first-order valence-corrected chi connectivity index (χ1v) is 7.63. The van der Waals surface area contributed by atoms with Gasteiger partial charge in [-0.25, -0.2) is 16.8 Å². The number of rotatable bonds is 0. The third-order valence-corrected chi connectivity index (χ3v) is 5.10. The van der Waals surface area contributed by atoms with Crippen molar-refractivity contribution in [3.8, 4) is 0 Å². The summed E-state index contributed by atoms with van der Waals surface area (Å²) in [5.41, 5.74) is 0. The van der Waals surface area contributed by atoms with Crippen molar-refractivity contribution in [1.29, 1.82) is 0 Å². The molecular weight excluding hydrogens is 460 g/mol. The van der Waals surface area contributed by atoms with Crippen LogP contribution in [0.25, 0.3) is 0 Å². The van der Waals surface area contributed by atoms with Gasteiger partial charge in [-0.1, -0.05) is 69.6 Å². The number of hydrogen-bond donors (Lipinski definition) is 0. The summed E-state index contributed by atoms with van der Waals surface area (Å²) in [5.74, 6) is 0. The van der Waals surface area contributed by atoms with Gasteiger partial charge in [0.2, 0.25) is 0 Å². The van der Waals surface area contributed by atoms with Crippen LogP contribution < -0.4 is 0 Å². The van der Waals surface area contributed by atoms with Crippen LogP contribution in [0.4, 0.5) is 0 Å². The average molecular weight is 460 g/mol. The molecule has 0 fully saturated rings. The van der Waals surface area contributed by atoms with Gasteiger partial charge in [0.1, 0.15) is 20.2 Å². The van der Waals surface area contributed by atoms with Crippen LogP contribution in [-0.4, -0.2) is 32.2 Å². The van der Waals surface area contributed by atoms with Crippen LogP contribution in [0.2, 0.25) is 0 Å². The molecule has 0 aliphatic carbocycles. The van der Waals surface area contributed by atoms with Crippen LogP contribution in [0.3, 0.4) is 0 Å². The molecule has 0 bridgehead atoms. The first-order chi connectivity index (χ1) is 6.50. The second-order valence-electron chi connectivity index (χ2n) is 1.80. The van der Waals surface area contributed by atoms with E-state index >= 15 is 0 Å². The van der Waals surface area contributed by atoms with Gasteiger partial charge in [-0.3, -0.25) is 0 Å². The third-order valence-electron chi connectivity index (χ3n) is 0.567. The fourth-order valence-corrected chi connectivity index (χ4v) is 0. The summed E-state index contributed by atoms with van der Waals surface area (Å²) in [5, 5.41) is 0. The van der Waals surface area contributed by atoms with Crippen molar-refractivity contribution in [3.63, 3.8) is 0 Å². The van der Waals surface area contributed by atoms with Crippen LogP contribution in [0.1, 0.15) is 0 Å². The standard InChI is InChI=1S/2CHCl3O3S.Cu/c2*2-1(3,4)8(5,6)7;/h2*(H,5,6,7);/q;;+2/p-2. The number of halogens is 6. The van der Waals surface area contributed by atoms with E-state index in [2.05, 4.69) is 69.6 Å². The topological polar surface area (TPSA) is 114 Å². The monoisotopic (exact) mass is 457 g/mol. The summed E-state index contributed by atoms with van der Waals surface area (Å²) in [7, 11) is -9.59. The van der Waals surface area contributed by atoms with Gasteiger partial charge in [-0.15, -0.1) is 0 Å². The van der Waals surface area contributed by atoms with Crippen molar-refractivity contribution in [2.24, 2.45) is 0 Å². The Morgan fingerprint density at radius 2 is 0.706 bits per heavy atom. The molecule has 0 saturated carbocycles. The van der Waals surface area contributed by atoms with Gasteiger partial charge in [0.05, 0.1) is 0 Å². The maximum atomic E-state index is 9.70. The second kappa shape index (κ2) is 7.75. The molecule has 0 aliphatic rings. The molecule has 17 heavy (non-hydrogen) atoms. The van der Waals surface area contributed by atoms with E-state index in [0.717, 1.165) is 0 Å². The molecule has 0 atom stereocenters. The van der Waals surface area contributed by atoms with E-state index < -0.39 is 26.5 Å². The fourth-order valence-electron chi connectivity index (χ4n) is 0. The molecule has 1 radical (unpaired) electrons. The van der Waals surface area contributed by atoms with Crippen LogP contribution in [0.5, 0.6) is 0 Å². The average Bonchev–Trinajstić information content (AvgIpc) is 1.77. The molecule has 0 rings (SSSR count). The Morgan fingerprint density at radius 3 is 0.706 bits per heavy atom. The zero-order chi connectivity index (χ0) is 14.0. The summed E-state index contributed by atoms with van der Waals surface area (Å²) in [6.45, 7) is 0. The Balaban J connectivity index is -0.000000218. The van der Waals surface area contributed by atoms with E-state index in [9.17, 15) is 25.9 Å². The third kappa shape index (κ3) is 11.6. The molecule has 0 saturated heterocycles. The SMILES string of the molecule is O=S(=O)([O-])C(Cl)(Cl)Cl.O=S(=O)([O-])C(Cl)(Cl)Cl.[Cu+2]. The molecule has 0 amide bonds. The molecule has 0 spiro atoms. The Labute approximate surface area is 138 Å². The fraction of sp³-hybridized carbons (Fsp3) is 1.00. The zero-order valence-electron chi connectivity index (χ0n) is 6.84. The predicted molar refractivity (Wildman–Crippen MR) is 60.0 cm³/mol. The maximum Gasteiger partial charge on any atom is 2.00 e. The van der Waals surface area contributed by atoms with E-state index in [1.807, 2.05) is 0 Å². The summed E-state index contributed by atoms with van der Waals surface area (Å²) < 4.78 is 52.7. The summed E-state index contributed by atoms with van der Waals surface area (Å²) in [6, 6.07) is 0. The first-order valence-electron chi connectivity index (χ1n) is 2.54. The minimum Gasteiger partial charge on any atom is -0.745 e. The normalized spacial score (nSPS) is 13.2. The first kappa shape index (κ1) is 24.1. The van der Waals surface area contributed by atoms with E-state index in [4.69, 9.17) is 0 Å². The molecule has 0 aromatic heterocycles. The van der Waals surface area contributed by atoms with Crippen LogP contribution in [0, 0.1) is 0 Å². The second-order valence-corrected chi connectivity index (χ2v) is 10.7. The van der Waals surface area contributed by atoms with Crippen molar-refractivity contribution < 1.29 is 43.0 Å². The van der Waals surface area contributed by atoms with Gasteiger partial charge in [0.25, 0.3) is 6.25 Å². The zero-order valence-corrected chi connectivity index (χ0v) is 13.9. The van der Waals surface area contributed by atoms with Crippen LogP contribution >= 0.6 is 69.6 Å². The van der Waals surface area contributed by atoms with Crippen molar-refractivity contribution in [1.82, 2.24) is 0 Å². The van der Waals surface area contributed by atoms with E-state index in [-0.39, 0.29) is 17.1 Å². The molecule has 6 nitrogen and oxygen atoms in total. The summed E-state index contributed by atoms with van der Waals surface area (Å²) >= 11 is 27.8. The molecule has 0 N–H and O–H groups in total. The van der Waals surface area contributed by atoms with Crippen molar-refractivity contribution in [3.05, 3.63) is 0 Å². The van der Waals surface area contributed by atoms with E-state index in [1.165, 1.54) is 0 Å². The molecule has 0 aromatic rings. The molecule has 15 heteroatoms. The molecule has 0 aliphatic heterocycles. The van der Waals surface area contributed by atoms with Crippen LogP contribution in [-0.2, 0) is 37.3 Å². The van der Waals surface area contributed by atoms with Crippen molar-refractivity contribution >= 4 is 89.8 Å². The summed E-state index contributed by atoms with van der Waals surface area (Å²) in [6.07, 6.45) is 0. The molecule has 109 valence electrons. The Bertz CT molecular complexity index is 374. The van der Waals surface area contributed by atoms with Gasteiger partial charge >= 0.3 is 17.1 Å². The van der Waals surface area contributed by atoms with Crippen molar-refractivity contribution in [2.45, 2.75) is 6.25 Å².